The lowest BCUT2D eigenvalue weighted by Crippen LogP contribution is -2.38. The molecule has 0 radical (unpaired) electrons. The molecule has 0 aliphatic heterocycles. The molecule has 0 spiro atoms. The number of nitrogens with one attached hydrogen (secondary N) is 2. The molecule has 0 aliphatic carbocycles. The Hall–Kier alpha value is -1.53. The first-order valence-electron chi connectivity index (χ1n) is 8.37. The van der Waals surface area contributed by atoms with Crippen LogP contribution in [0.5, 0.6) is 0 Å². The van der Waals surface area contributed by atoms with Gasteiger partial charge < -0.3 is 10.6 Å². The quantitative estimate of drug-likeness (QED) is 0.310. The minimum Gasteiger partial charge on any atom is -0.356 e. The lowest BCUT2D eigenvalue weighted by atomic mass is 10.4. The summed E-state index contributed by atoms with van der Waals surface area (Å²) in [5.41, 5.74) is 0. The van der Waals surface area contributed by atoms with Crippen molar-refractivity contribution in [2.45, 2.75) is 31.1 Å². The fourth-order valence-corrected chi connectivity index (χ4v) is 3.86. The highest BCUT2D eigenvalue weighted by Crippen LogP contribution is 2.17. The van der Waals surface area contributed by atoms with Gasteiger partial charge in [0.15, 0.2) is 5.96 Å². The van der Waals surface area contributed by atoms with Gasteiger partial charge >= 0.3 is 0 Å². The summed E-state index contributed by atoms with van der Waals surface area (Å²) >= 11 is 3.69. The third-order valence-corrected chi connectivity index (χ3v) is 5.73. The predicted octanol–water partition coefficient (Wildman–Crippen LogP) is 3.60. The molecule has 0 bridgehead atoms. The van der Waals surface area contributed by atoms with Crippen LogP contribution in [0.25, 0.3) is 0 Å². The van der Waals surface area contributed by atoms with Gasteiger partial charge in [-0.05, 0) is 30.7 Å². The van der Waals surface area contributed by atoms with E-state index in [1.54, 1.807) is 11.3 Å². The second-order valence-electron chi connectivity index (χ2n) is 5.26. The van der Waals surface area contributed by atoms with Crippen molar-refractivity contribution in [3.63, 3.8) is 0 Å². The van der Waals surface area contributed by atoms with Crippen LogP contribution in [0.15, 0.2) is 46.4 Å². The summed E-state index contributed by atoms with van der Waals surface area (Å²) in [7, 11) is 1.81. The van der Waals surface area contributed by atoms with E-state index in [1.165, 1.54) is 14.8 Å². The smallest absolute Gasteiger partial charge is 0.190 e. The molecule has 2 aromatic rings. The number of guanidine groups is 1. The van der Waals surface area contributed by atoms with Crippen molar-refractivity contribution in [1.29, 1.82) is 0 Å². The molecule has 1 aromatic heterocycles. The highest BCUT2D eigenvalue weighted by molar-refractivity contribution is 7.99. The summed E-state index contributed by atoms with van der Waals surface area (Å²) in [6.45, 7) is 3.95. The number of thiazole rings is 1. The monoisotopic (exact) mass is 362 g/mol. The van der Waals surface area contributed by atoms with Gasteiger partial charge in [0.05, 0.1) is 5.01 Å². The van der Waals surface area contributed by atoms with Crippen molar-refractivity contribution in [3.05, 3.63) is 46.4 Å². The fourth-order valence-electron chi connectivity index (χ4n) is 2.12. The second-order valence-corrected chi connectivity index (χ2v) is 7.63. The highest BCUT2D eigenvalue weighted by Gasteiger charge is 2.02. The minimum absolute atomic E-state index is 0.856. The average molecular weight is 363 g/mol. The number of hydrogen-bond acceptors (Lipinski definition) is 4. The summed E-state index contributed by atoms with van der Waals surface area (Å²) < 4.78 is 0. The number of aliphatic imine (C=N–C) groups is 1. The minimum atomic E-state index is 0.856. The van der Waals surface area contributed by atoms with Crippen molar-refractivity contribution in [2.24, 2.45) is 4.99 Å². The Kier molecular flexibility index (Phi) is 8.70. The Morgan fingerprint density at radius 3 is 2.71 bits per heavy atom. The van der Waals surface area contributed by atoms with E-state index in [1.807, 2.05) is 25.0 Å². The van der Waals surface area contributed by atoms with Gasteiger partial charge in [-0.3, -0.25) is 4.99 Å². The normalized spacial score (nSPS) is 11.5. The molecule has 0 atom stereocenters. The first kappa shape index (κ1) is 18.8. The van der Waals surface area contributed by atoms with Crippen molar-refractivity contribution in [3.8, 4) is 0 Å². The maximum absolute atomic E-state index is 4.44. The summed E-state index contributed by atoms with van der Waals surface area (Å²) in [4.78, 5) is 11.4. The standard InChI is InChI=1S/C18H26N4S2/c1-3-15-14-22-17(24-15)10-12-21-18(19-2)20-11-7-13-23-16-8-5-4-6-9-16/h4-6,8-9,14H,3,7,10-13H2,1-2H3,(H2,19,20,21). The number of benzene rings is 1. The van der Waals surface area contributed by atoms with Crippen molar-refractivity contribution >= 4 is 29.1 Å². The number of nitrogens with zero attached hydrogens (tertiary/aromatic N) is 2. The van der Waals surface area contributed by atoms with E-state index in [4.69, 9.17) is 0 Å². The van der Waals surface area contributed by atoms with Crippen molar-refractivity contribution < 1.29 is 0 Å². The molecule has 2 N–H and O–H groups in total. The zero-order chi connectivity index (χ0) is 17.0. The zero-order valence-corrected chi connectivity index (χ0v) is 16.1. The van der Waals surface area contributed by atoms with Crippen LogP contribution in [0.3, 0.4) is 0 Å². The molecule has 130 valence electrons. The van der Waals surface area contributed by atoms with Crippen LogP contribution >= 0.6 is 23.1 Å². The van der Waals surface area contributed by atoms with E-state index in [0.29, 0.717) is 0 Å². The van der Waals surface area contributed by atoms with Crippen LogP contribution in [0, 0.1) is 0 Å². The highest BCUT2D eigenvalue weighted by atomic mass is 32.2. The Morgan fingerprint density at radius 2 is 2.00 bits per heavy atom. The molecule has 4 nitrogen and oxygen atoms in total. The molecule has 6 heteroatoms. The van der Waals surface area contributed by atoms with E-state index < -0.39 is 0 Å². The van der Waals surface area contributed by atoms with Gasteiger partial charge in [0.1, 0.15) is 0 Å². The van der Waals surface area contributed by atoms with Gasteiger partial charge in [-0.2, -0.15) is 0 Å². The Balaban J connectivity index is 1.57. The number of hydrogen-bond donors (Lipinski definition) is 2. The van der Waals surface area contributed by atoms with Gasteiger partial charge in [0.25, 0.3) is 0 Å². The van der Waals surface area contributed by atoms with Crippen molar-refractivity contribution in [2.75, 3.05) is 25.9 Å². The van der Waals surface area contributed by atoms with Crippen LogP contribution < -0.4 is 10.6 Å². The number of thioether (sulfide) groups is 1. The summed E-state index contributed by atoms with van der Waals surface area (Å²) in [5, 5.41) is 7.91. The molecule has 2 rings (SSSR count). The van der Waals surface area contributed by atoms with Gasteiger partial charge in [-0.25, -0.2) is 4.98 Å². The van der Waals surface area contributed by atoms with Gasteiger partial charge in [-0.15, -0.1) is 23.1 Å². The molecule has 0 unspecified atom stereocenters. The van der Waals surface area contributed by atoms with Gasteiger partial charge in [-0.1, -0.05) is 25.1 Å². The Labute approximate surface area is 153 Å². The van der Waals surface area contributed by atoms with Crippen molar-refractivity contribution in [1.82, 2.24) is 15.6 Å². The molecule has 0 fully saturated rings. The lowest BCUT2D eigenvalue weighted by Gasteiger charge is -2.11. The topological polar surface area (TPSA) is 49.3 Å². The van der Waals surface area contributed by atoms with Crippen LogP contribution in [-0.2, 0) is 12.8 Å². The predicted molar refractivity (Wildman–Crippen MR) is 106 cm³/mol. The number of rotatable bonds is 9. The molecule has 0 saturated carbocycles. The molecule has 1 aromatic carbocycles. The van der Waals surface area contributed by atoms with Crippen LogP contribution in [0.4, 0.5) is 0 Å². The molecule has 1 heterocycles. The zero-order valence-electron chi connectivity index (χ0n) is 14.4. The first-order chi connectivity index (χ1) is 11.8. The fraction of sp³-hybridized carbons (Fsp3) is 0.444. The lowest BCUT2D eigenvalue weighted by molar-refractivity contribution is 0.775. The van der Waals surface area contributed by atoms with Crippen LogP contribution in [-0.4, -0.2) is 36.8 Å². The van der Waals surface area contributed by atoms with E-state index in [2.05, 4.69) is 57.9 Å². The van der Waals surface area contributed by atoms with Gasteiger partial charge in [0, 0.05) is 42.5 Å². The summed E-state index contributed by atoms with van der Waals surface area (Å²) in [6, 6.07) is 10.5. The van der Waals surface area contributed by atoms with E-state index in [-0.39, 0.29) is 0 Å². The first-order valence-corrected chi connectivity index (χ1v) is 10.2. The van der Waals surface area contributed by atoms with E-state index >= 15 is 0 Å². The second kappa shape index (κ2) is 11.1. The molecule has 0 saturated heterocycles. The van der Waals surface area contributed by atoms with E-state index in [9.17, 15) is 0 Å². The Bertz CT molecular complexity index is 610. The SMILES string of the molecule is CCc1cnc(CCNC(=NC)NCCCSc2ccccc2)s1. The molecular weight excluding hydrogens is 336 g/mol. The molecule has 24 heavy (non-hydrogen) atoms. The Morgan fingerprint density at radius 1 is 1.21 bits per heavy atom. The molecule has 0 amide bonds. The van der Waals surface area contributed by atoms with Crippen LogP contribution in [0.2, 0.25) is 0 Å². The maximum atomic E-state index is 4.44. The number of aromatic nitrogens is 1. The summed E-state index contributed by atoms with van der Waals surface area (Å²) in [5.74, 6) is 1.97. The molecule has 0 aliphatic rings. The third kappa shape index (κ3) is 6.93. The largest absolute Gasteiger partial charge is 0.356 e. The van der Waals surface area contributed by atoms with Crippen LogP contribution in [0.1, 0.15) is 23.2 Å². The van der Waals surface area contributed by atoms with Gasteiger partial charge in [0.2, 0.25) is 0 Å². The number of aryl methyl sites for hydroxylation is 1. The summed E-state index contributed by atoms with van der Waals surface area (Å²) in [6.07, 6.45) is 5.09. The average Bonchev–Trinajstić information content (AvgIpc) is 3.09. The van der Waals surface area contributed by atoms with E-state index in [0.717, 1.165) is 44.1 Å². The maximum Gasteiger partial charge on any atom is 0.190 e. The molecular formula is C18H26N4S2. The third-order valence-electron chi connectivity index (χ3n) is 3.43.